The second-order valence-electron chi connectivity index (χ2n) is 2.16. The molecule has 0 fully saturated rings. The topological polar surface area (TPSA) is 28.7 Å². The third-order valence-corrected chi connectivity index (χ3v) is 1.14. The second-order valence-corrected chi connectivity index (χ2v) is 2.16. The summed E-state index contributed by atoms with van der Waals surface area (Å²) >= 11 is 0. The molecule has 1 aromatic rings. The third-order valence-electron chi connectivity index (χ3n) is 1.14. The Morgan fingerprint density at radius 3 is 2.20 bits per heavy atom. The van der Waals surface area contributed by atoms with E-state index >= 15 is 0 Å². The van der Waals surface area contributed by atoms with Crippen LogP contribution in [0.4, 0.5) is 0 Å². The highest BCUT2D eigenvalue weighted by Gasteiger charge is 1.95. The molecule has 0 aliphatic rings. The predicted octanol–water partition coefficient (Wildman–Crippen LogP) is 2.56. The molecule has 0 unspecified atom stereocenters. The first-order valence-corrected chi connectivity index (χ1v) is 3.79. The largest absolute Gasteiger partial charge is 0.348 e. The molecule has 2 nitrogen and oxygen atoms in total. The summed E-state index contributed by atoms with van der Waals surface area (Å²) in [5.74, 6) is 0.567. The molecule has 0 bridgehead atoms. The summed E-state index contributed by atoms with van der Waals surface area (Å²) in [6, 6.07) is 0. The fourth-order valence-corrected chi connectivity index (χ4v) is 0.582. The van der Waals surface area contributed by atoms with Gasteiger partial charge in [-0.1, -0.05) is 27.7 Å². The van der Waals surface area contributed by atoms with Crippen LogP contribution < -0.4 is 0 Å². The predicted molar refractivity (Wildman–Crippen MR) is 44.0 cm³/mol. The Bertz CT molecular complexity index is 142. The number of aromatic amines is 1. The van der Waals surface area contributed by atoms with Gasteiger partial charge in [0, 0.05) is 11.9 Å². The van der Waals surface area contributed by atoms with Crippen LogP contribution in [0.5, 0.6) is 0 Å². The maximum atomic E-state index is 3.89. The number of rotatable bonds is 1. The zero-order valence-corrected chi connectivity index (χ0v) is 7.18. The van der Waals surface area contributed by atoms with E-state index in [2.05, 4.69) is 23.8 Å². The molecule has 1 aromatic heterocycles. The molecule has 1 heterocycles. The molecule has 0 radical (unpaired) electrons. The lowest BCUT2D eigenvalue weighted by atomic mass is 10.2. The molecule has 0 atom stereocenters. The molecule has 58 valence electrons. The highest BCUT2D eigenvalue weighted by molar-refractivity contribution is 4.99. The Hall–Kier alpha value is -0.790. The Morgan fingerprint density at radius 1 is 1.40 bits per heavy atom. The lowest BCUT2D eigenvalue weighted by molar-refractivity contribution is 0.832. The Kier molecular flexibility index (Phi) is 4.63. The van der Waals surface area contributed by atoms with Crippen molar-refractivity contribution in [3.8, 4) is 0 Å². The maximum Gasteiger partial charge on any atom is 0.0921 e. The Labute approximate surface area is 62.7 Å². The summed E-state index contributed by atoms with van der Waals surface area (Å²) in [7, 11) is 0. The van der Waals surface area contributed by atoms with Crippen LogP contribution in [-0.4, -0.2) is 9.97 Å². The minimum Gasteiger partial charge on any atom is -0.348 e. The molecule has 0 amide bonds. The van der Waals surface area contributed by atoms with Crippen molar-refractivity contribution in [1.29, 1.82) is 0 Å². The molecule has 0 saturated heterocycles. The van der Waals surface area contributed by atoms with E-state index in [0.717, 1.165) is 0 Å². The van der Waals surface area contributed by atoms with Gasteiger partial charge in [-0.05, 0) is 5.92 Å². The van der Waals surface area contributed by atoms with E-state index in [1.807, 2.05) is 20.0 Å². The summed E-state index contributed by atoms with van der Waals surface area (Å²) in [5.41, 5.74) is 1.20. The molecule has 0 spiro atoms. The lowest BCUT2D eigenvalue weighted by Crippen LogP contribution is -1.84. The van der Waals surface area contributed by atoms with Crippen molar-refractivity contribution in [2.45, 2.75) is 33.6 Å². The highest BCUT2D eigenvalue weighted by Crippen LogP contribution is 2.07. The van der Waals surface area contributed by atoms with E-state index in [1.165, 1.54) is 5.69 Å². The van der Waals surface area contributed by atoms with Gasteiger partial charge in [0.25, 0.3) is 0 Å². The van der Waals surface area contributed by atoms with Crippen LogP contribution in [0.3, 0.4) is 0 Å². The molecule has 0 aliphatic heterocycles. The fourth-order valence-electron chi connectivity index (χ4n) is 0.582. The quantitative estimate of drug-likeness (QED) is 0.638. The van der Waals surface area contributed by atoms with Crippen molar-refractivity contribution in [3.05, 3.63) is 18.2 Å². The molecule has 2 heteroatoms. The van der Waals surface area contributed by atoms with Crippen molar-refractivity contribution in [2.75, 3.05) is 0 Å². The van der Waals surface area contributed by atoms with Crippen LogP contribution in [-0.2, 0) is 0 Å². The van der Waals surface area contributed by atoms with Crippen molar-refractivity contribution in [1.82, 2.24) is 9.97 Å². The van der Waals surface area contributed by atoms with Crippen LogP contribution >= 0.6 is 0 Å². The van der Waals surface area contributed by atoms with Gasteiger partial charge in [0.1, 0.15) is 0 Å². The number of H-pyrrole nitrogens is 1. The lowest BCUT2D eigenvalue weighted by Gasteiger charge is -1.95. The van der Waals surface area contributed by atoms with Gasteiger partial charge >= 0.3 is 0 Å². The molecular formula is C8H16N2. The van der Waals surface area contributed by atoms with Crippen LogP contribution in [0.2, 0.25) is 0 Å². The summed E-state index contributed by atoms with van der Waals surface area (Å²) in [4.78, 5) is 6.91. The number of hydrogen-bond donors (Lipinski definition) is 1. The Morgan fingerprint density at radius 2 is 2.00 bits per heavy atom. The number of aromatic nitrogens is 2. The number of imidazole rings is 1. The SMILES string of the molecule is CC.CC(C)c1cnc[nH]1. The molecule has 0 aliphatic carbocycles. The van der Waals surface area contributed by atoms with E-state index in [1.54, 1.807) is 6.33 Å². The van der Waals surface area contributed by atoms with Crippen molar-refractivity contribution >= 4 is 0 Å². The normalized spacial score (nSPS) is 8.90. The van der Waals surface area contributed by atoms with Gasteiger partial charge < -0.3 is 4.98 Å². The highest BCUT2D eigenvalue weighted by atomic mass is 14.9. The first-order valence-electron chi connectivity index (χ1n) is 3.79. The number of hydrogen-bond acceptors (Lipinski definition) is 1. The maximum absolute atomic E-state index is 3.89. The first-order chi connectivity index (χ1) is 4.80. The van der Waals surface area contributed by atoms with Gasteiger partial charge in [-0.3, -0.25) is 0 Å². The van der Waals surface area contributed by atoms with E-state index in [0.29, 0.717) is 5.92 Å². The standard InChI is InChI=1S/C6H10N2.C2H6/c1-5(2)6-3-7-4-8-6;1-2/h3-5H,1-2H3,(H,7,8);1-2H3. The Balaban J connectivity index is 0.000000371. The zero-order chi connectivity index (χ0) is 7.98. The monoisotopic (exact) mass is 140 g/mol. The van der Waals surface area contributed by atoms with E-state index < -0.39 is 0 Å². The minimum atomic E-state index is 0.567. The first kappa shape index (κ1) is 9.21. The average Bonchev–Trinajstić information content (AvgIpc) is 2.42. The second kappa shape index (κ2) is 5.03. The van der Waals surface area contributed by atoms with Crippen LogP contribution in [0.25, 0.3) is 0 Å². The third kappa shape index (κ3) is 2.67. The van der Waals surface area contributed by atoms with Crippen LogP contribution in [0.1, 0.15) is 39.3 Å². The summed E-state index contributed by atoms with van der Waals surface area (Å²) in [6.07, 6.45) is 3.56. The molecular weight excluding hydrogens is 124 g/mol. The minimum absolute atomic E-state index is 0.567. The number of nitrogens with zero attached hydrogens (tertiary/aromatic N) is 1. The summed E-state index contributed by atoms with van der Waals surface area (Å²) < 4.78 is 0. The van der Waals surface area contributed by atoms with Gasteiger partial charge in [0.05, 0.1) is 6.33 Å². The number of nitrogens with one attached hydrogen (secondary N) is 1. The summed E-state index contributed by atoms with van der Waals surface area (Å²) in [6.45, 7) is 8.26. The van der Waals surface area contributed by atoms with Crippen LogP contribution in [0, 0.1) is 0 Å². The summed E-state index contributed by atoms with van der Waals surface area (Å²) in [5, 5.41) is 0. The van der Waals surface area contributed by atoms with Gasteiger partial charge in [-0.25, -0.2) is 4.98 Å². The molecule has 10 heavy (non-hydrogen) atoms. The van der Waals surface area contributed by atoms with Gasteiger partial charge in [-0.2, -0.15) is 0 Å². The smallest absolute Gasteiger partial charge is 0.0921 e. The zero-order valence-electron chi connectivity index (χ0n) is 7.18. The van der Waals surface area contributed by atoms with Gasteiger partial charge in [0.15, 0.2) is 0 Å². The average molecular weight is 140 g/mol. The molecule has 1 rings (SSSR count). The fraction of sp³-hybridized carbons (Fsp3) is 0.625. The van der Waals surface area contributed by atoms with Crippen LogP contribution in [0.15, 0.2) is 12.5 Å². The van der Waals surface area contributed by atoms with E-state index in [9.17, 15) is 0 Å². The van der Waals surface area contributed by atoms with E-state index in [-0.39, 0.29) is 0 Å². The van der Waals surface area contributed by atoms with Crippen molar-refractivity contribution in [3.63, 3.8) is 0 Å². The van der Waals surface area contributed by atoms with Crippen molar-refractivity contribution in [2.24, 2.45) is 0 Å². The van der Waals surface area contributed by atoms with E-state index in [4.69, 9.17) is 0 Å². The molecule has 1 N–H and O–H groups in total. The van der Waals surface area contributed by atoms with Gasteiger partial charge in [-0.15, -0.1) is 0 Å². The molecule has 0 aromatic carbocycles. The van der Waals surface area contributed by atoms with Gasteiger partial charge in [0.2, 0.25) is 0 Å². The van der Waals surface area contributed by atoms with Crippen molar-refractivity contribution < 1.29 is 0 Å². The molecule has 0 saturated carbocycles.